The topological polar surface area (TPSA) is 90.0 Å². The van der Waals surface area contributed by atoms with Crippen molar-refractivity contribution in [2.75, 3.05) is 47.4 Å². The second kappa shape index (κ2) is 14.7. The summed E-state index contributed by atoms with van der Waals surface area (Å²) < 4.78 is 18.7. The normalized spacial score (nSPS) is 14.6. The minimum atomic E-state index is -0.0883. The van der Waals surface area contributed by atoms with Crippen molar-refractivity contribution in [3.8, 4) is 11.5 Å². The molecule has 3 aromatic carbocycles. The number of Topliss-reactive ketones (excluding diaryl/α,β-unsaturated/α-hetero) is 1. The number of ketones is 1. The molecule has 0 aliphatic carbocycles. The molecule has 1 unspecified atom stereocenters. The van der Waals surface area contributed by atoms with E-state index in [2.05, 4.69) is 11.0 Å². The van der Waals surface area contributed by atoms with Crippen molar-refractivity contribution < 1.29 is 23.5 Å². The van der Waals surface area contributed by atoms with Gasteiger partial charge < -0.3 is 28.3 Å². The standard InChI is InChI=1S/C38H42N4O5/c1-40(38(44)28-10-5-4-6-11-28)25-30(29-15-16-34(45-2)35(24-29)46-3)19-22-41-20-17-27(18-21-41)36(43)37-39-32-13-7-8-14-33(32)42(37)26-31-12-9-23-47-31/h4-16,23-24,27,30H,17-22,25-26H2,1-3H3. The predicted molar refractivity (Wildman–Crippen MR) is 181 cm³/mol. The van der Waals surface area contributed by atoms with Gasteiger partial charge in [0.05, 0.1) is 38.1 Å². The molecular weight excluding hydrogens is 592 g/mol. The van der Waals surface area contributed by atoms with Crippen molar-refractivity contribution in [2.24, 2.45) is 5.92 Å². The Morgan fingerprint density at radius 1 is 0.936 bits per heavy atom. The quantitative estimate of drug-likeness (QED) is 0.136. The fourth-order valence-electron chi connectivity index (χ4n) is 6.61. The summed E-state index contributed by atoms with van der Waals surface area (Å²) in [6, 6.07) is 27.0. The van der Waals surface area contributed by atoms with Gasteiger partial charge in [-0.05, 0) is 93.0 Å². The SMILES string of the molecule is COc1ccc(C(CCN2CCC(C(=O)c3nc4ccccc4n3Cc3ccco3)CC2)CN(C)C(=O)c2ccccc2)cc1OC. The average Bonchev–Trinajstić information content (AvgIpc) is 3.78. The molecule has 0 radical (unpaired) electrons. The van der Waals surface area contributed by atoms with E-state index in [1.165, 1.54) is 0 Å². The van der Waals surface area contributed by atoms with Gasteiger partial charge in [-0.3, -0.25) is 9.59 Å². The van der Waals surface area contributed by atoms with Crippen molar-refractivity contribution in [2.45, 2.75) is 31.7 Å². The number of methoxy groups -OCH3 is 2. The number of amides is 1. The van der Waals surface area contributed by atoms with E-state index in [-0.39, 0.29) is 23.5 Å². The Kier molecular flexibility index (Phi) is 10.0. The molecule has 1 aliphatic heterocycles. The van der Waals surface area contributed by atoms with Crippen molar-refractivity contribution in [1.29, 1.82) is 0 Å². The van der Waals surface area contributed by atoms with E-state index in [9.17, 15) is 9.59 Å². The van der Waals surface area contributed by atoms with Gasteiger partial charge in [0.25, 0.3) is 5.91 Å². The van der Waals surface area contributed by atoms with Crippen LogP contribution in [0.2, 0.25) is 0 Å². The van der Waals surface area contributed by atoms with Gasteiger partial charge in [-0.2, -0.15) is 0 Å². The van der Waals surface area contributed by atoms with Crippen LogP contribution in [-0.2, 0) is 6.54 Å². The minimum Gasteiger partial charge on any atom is -0.493 e. The first-order valence-corrected chi connectivity index (χ1v) is 16.2. The molecule has 3 heterocycles. The smallest absolute Gasteiger partial charge is 0.253 e. The molecule has 0 saturated carbocycles. The zero-order valence-corrected chi connectivity index (χ0v) is 27.3. The van der Waals surface area contributed by atoms with E-state index in [1.54, 1.807) is 25.4 Å². The molecule has 9 heteroatoms. The first-order valence-electron chi connectivity index (χ1n) is 16.2. The largest absolute Gasteiger partial charge is 0.493 e. The zero-order chi connectivity index (χ0) is 32.8. The third-order valence-corrected chi connectivity index (χ3v) is 9.26. The highest BCUT2D eigenvalue weighted by molar-refractivity contribution is 5.98. The molecule has 1 fully saturated rings. The van der Waals surface area contributed by atoms with Crippen LogP contribution in [0.1, 0.15) is 57.5 Å². The number of rotatable bonds is 13. The number of hydrogen-bond donors (Lipinski definition) is 0. The number of likely N-dealkylation sites (N-methyl/N-ethyl adjacent to an activating group) is 1. The van der Waals surface area contributed by atoms with Crippen LogP contribution in [0, 0.1) is 5.92 Å². The summed E-state index contributed by atoms with van der Waals surface area (Å²) in [4.78, 5) is 36.2. The fourth-order valence-corrected chi connectivity index (χ4v) is 6.61. The summed E-state index contributed by atoms with van der Waals surface area (Å²) in [6.45, 7) is 3.53. The molecule has 2 aromatic heterocycles. The summed E-state index contributed by atoms with van der Waals surface area (Å²) in [5.41, 5.74) is 3.51. The van der Waals surface area contributed by atoms with Crippen molar-refractivity contribution in [3.63, 3.8) is 0 Å². The van der Waals surface area contributed by atoms with Gasteiger partial charge in [-0.1, -0.05) is 36.4 Å². The number of furan rings is 1. The molecule has 0 spiro atoms. The summed E-state index contributed by atoms with van der Waals surface area (Å²) in [5, 5.41) is 0. The van der Waals surface area contributed by atoms with Crippen LogP contribution >= 0.6 is 0 Å². The zero-order valence-electron chi connectivity index (χ0n) is 27.3. The predicted octanol–water partition coefficient (Wildman–Crippen LogP) is 6.54. The highest BCUT2D eigenvalue weighted by Gasteiger charge is 2.30. The highest BCUT2D eigenvalue weighted by atomic mass is 16.5. The number of fused-ring (bicyclic) bond motifs is 1. The van der Waals surface area contributed by atoms with Crippen LogP contribution in [0.15, 0.2) is 95.6 Å². The number of ether oxygens (including phenoxy) is 2. The van der Waals surface area contributed by atoms with E-state index in [0.29, 0.717) is 36.0 Å². The number of para-hydroxylation sites is 2. The van der Waals surface area contributed by atoms with E-state index >= 15 is 0 Å². The van der Waals surface area contributed by atoms with Gasteiger partial charge in [-0.25, -0.2) is 4.98 Å². The molecule has 1 saturated heterocycles. The molecule has 1 atom stereocenters. The average molecular weight is 635 g/mol. The Morgan fingerprint density at radius 2 is 1.68 bits per heavy atom. The van der Waals surface area contributed by atoms with E-state index in [1.807, 2.05) is 90.5 Å². The van der Waals surface area contributed by atoms with Crippen LogP contribution in [0.25, 0.3) is 11.0 Å². The Labute approximate surface area is 275 Å². The van der Waals surface area contributed by atoms with Gasteiger partial charge in [0.15, 0.2) is 17.3 Å². The van der Waals surface area contributed by atoms with Crippen molar-refractivity contribution in [3.05, 3.63) is 114 Å². The summed E-state index contributed by atoms with van der Waals surface area (Å²) >= 11 is 0. The van der Waals surface area contributed by atoms with Gasteiger partial charge in [0, 0.05) is 31.0 Å². The number of imidazole rings is 1. The lowest BCUT2D eigenvalue weighted by Gasteiger charge is -2.33. The molecular formula is C38H42N4O5. The maximum absolute atomic E-state index is 13.9. The summed E-state index contributed by atoms with van der Waals surface area (Å²) in [7, 11) is 5.13. The Balaban J connectivity index is 1.13. The molecule has 47 heavy (non-hydrogen) atoms. The number of benzene rings is 3. The molecule has 0 bridgehead atoms. The summed E-state index contributed by atoms with van der Waals surface area (Å²) in [6.07, 6.45) is 4.05. The number of piperidine rings is 1. The van der Waals surface area contributed by atoms with Crippen LogP contribution in [0.5, 0.6) is 11.5 Å². The van der Waals surface area contributed by atoms with Gasteiger partial charge in [0.1, 0.15) is 5.76 Å². The fraction of sp³-hybridized carbons (Fsp3) is 0.342. The van der Waals surface area contributed by atoms with E-state index in [0.717, 1.165) is 61.3 Å². The molecule has 0 N–H and O–H groups in total. The van der Waals surface area contributed by atoms with Crippen molar-refractivity contribution >= 4 is 22.7 Å². The lowest BCUT2D eigenvalue weighted by molar-refractivity contribution is 0.0779. The molecule has 1 amide bonds. The lowest BCUT2D eigenvalue weighted by atomic mass is 9.90. The molecule has 9 nitrogen and oxygen atoms in total. The number of nitrogens with zero attached hydrogens (tertiary/aromatic N) is 4. The van der Waals surface area contributed by atoms with Crippen molar-refractivity contribution in [1.82, 2.24) is 19.4 Å². The van der Waals surface area contributed by atoms with Crippen LogP contribution in [0.3, 0.4) is 0 Å². The van der Waals surface area contributed by atoms with Gasteiger partial charge in [-0.15, -0.1) is 0 Å². The van der Waals surface area contributed by atoms with Crippen LogP contribution < -0.4 is 9.47 Å². The van der Waals surface area contributed by atoms with Crippen LogP contribution in [-0.4, -0.2) is 78.5 Å². The number of likely N-dealkylation sites (tertiary alicyclic amines) is 1. The van der Waals surface area contributed by atoms with Gasteiger partial charge >= 0.3 is 0 Å². The number of hydrogen-bond acceptors (Lipinski definition) is 7. The van der Waals surface area contributed by atoms with Gasteiger partial charge in [0.2, 0.25) is 5.78 Å². The second-order valence-electron chi connectivity index (χ2n) is 12.2. The maximum Gasteiger partial charge on any atom is 0.253 e. The first-order chi connectivity index (χ1) is 22.9. The Bertz CT molecular complexity index is 1790. The first kappa shape index (κ1) is 32.1. The third kappa shape index (κ3) is 7.25. The number of carbonyl (C=O) groups is 2. The minimum absolute atomic E-state index is 0.00604. The van der Waals surface area contributed by atoms with Crippen LogP contribution in [0.4, 0.5) is 0 Å². The monoisotopic (exact) mass is 634 g/mol. The molecule has 6 rings (SSSR count). The molecule has 5 aromatic rings. The van der Waals surface area contributed by atoms with E-state index < -0.39 is 0 Å². The maximum atomic E-state index is 13.9. The highest BCUT2D eigenvalue weighted by Crippen LogP contribution is 2.33. The number of aromatic nitrogens is 2. The number of carbonyl (C=O) groups excluding carboxylic acids is 2. The Morgan fingerprint density at radius 3 is 2.40 bits per heavy atom. The lowest BCUT2D eigenvalue weighted by Crippen LogP contribution is -2.38. The third-order valence-electron chi connectivity index (χ3n) is 9.26. The second-order valence-corrected chi connectivity index (χ2v) is 12.2. The summed E-state index contributed by atoms with van der Waals surface area (Å²) in [5.74, 6) is 2.71. The molecule has 244 valence electrons. The van der Waals surface area contributed by atoms with E-state index in [4.69, 9.17) is 18.9 Å². The molecule has 1 aliphatic rings. The Hall–Kier alpha value is -4.89.